The van der Waals surface area contributed by atoms with Crippen molar-refractivity contribution in [3.8, 4) is 5.75 Å². The number of hydrogen-bond acceptors (Lipinski definition) is 2. The van der Waals surface area contributed by atoms with Crippen molar-refractivity contribution < 1.29 is 27.8 Å². The van der Waals surface area contributed by atoms with E-state index in [9.17, 15) is 18.0 Å². The molecule has 6 heteroatoms. The van der Waals surface area contributed by atoms with E-state index in [0.717, 1.165) is 18.2 Å². The minimum atomic E-state index is -3.90. The summed E-state index contributed by atoms with van der Waals surface area (Å²) in [5.74, 6) is -6.86. The lowest BCUT2D eigenvalue weighted by Gasteiger charge is -2.13. The average molecular weight is 234 g/mol. The molecule has 3 nitrogen and oxygen atoms in total. The molecule has 1 aromatic carbocycles. The number of alkyl halides is 2. The van der Waals surface area contributed by atoms with Crippen LogP contribution in [0.2, 0.25) is 0 Å². The van der Waals surface area contributed by atoms with Gasteiger partial charge in [0.05, 0.1) is 13.5 Å². The summed E-state index contributed by atoms with van der Waals surface area (Å²) < 4.78 is 43.2. The minimum absolute atomic E-state index is 0.0590. The number of methoxy groups -OCH3 is 1. The van der Waals surface area contributed by atoms with Crippen molar-refractivity contribution >= 4 is 5.97 Å². The van der Waals surface area contributed by atoms with E-state index >= 15 is 0 Å². The zero-order chi connectivity index (χ0) is 12.3. The largest absolute Gasteiger partial charge is 0.496 e. The number of carboxylic acids is 1. The lowest BCUT2D eigenvalue weighted by molar-refractivity contribution is -0.164. The molecule has 0 atom stereocenters. The summed E-state index contributed by atoms with van der Waals surface area (Å²) >= 11 is 0. The molecule has 0 aromatic heterocycles. The van der Waals surface area contributed by atoms with E-state index in [2.05, 4.69) is 4.74 Å². The zero-order valence-corrected chi connectivity index (χ0v) is 8.34. The lowest BCUT2D eigenvalue weighted by atomic mass is 10.1. The monoisotopic (exact) mass is 234 g/mol. The Kier molecular flexibility index (Phi) is 3.41. The Morgan fingerprint density at radius 3 is 2.62 bits per heavy atom. The summed E-state index contributed by atoms with van der Waals surface area (Å²) in [4.78, 5) is 10.2. The topological polar surface area (TPSA) is 46.5 Å². The number of benzene rings is 1. The smallest absolute Gasteiger partial charge is 0.374 e. The first-order chi connectivity index (χ1) is 7.36. The lowest BCUT2D eigenvalue weighted by Crippen LogP contribution is -2.30. The molecule has 16 heavy (non-hydrogen) atoms. The number of rotatable bonds is 4. The molecule has 0 amide bonds. The van der Waals surface area contributed by atoms with E-state index in [1.165, 1.54) is 7.11 Å². The number of carbonyl (C=O) groups is 1. The van der Waals surface area contributed by atoms with Crippen LogP contribution in [0.1, 0.15) is 5.56 Å². The van der Waals surface area contributed by atoms with Gasteiger partial charge in [-0.2, -0.15) is 8.78 Å². The second kappa shape index (κ2) is 4.42. The molecule has 88 valence electrons. The molecule has 1 N–H and O–H groups in total. The standard InChI is InChI=1S/C10H9F3O3/c1-16-8-4-7(11)3-2-6(8)5-10(12,13)9(14)15/h2-4H,5H2,1H3,(H,14,15). The Morgan fingerprint density at radius 1 is 1.50 bits per heavy atom. The SMILES string of the molecule is COc1cc(F)ccc1CC(F)(F)C(=O)O. The summed E-state index contributed by atoms with van der Waals surface area (Å²) in [7, 11) is 1.19. The molecule has 0 bridgehead atoms. The van der Waals surface area contributed by atoms with E-state index < -0.39 is 24.1 Å². The summed E-state index contributed by atoms with van der Waals surface area (Å²) in [6, 6.07) is 2.97. The van der Waals surface area contributed by atoms with Crippen molar-refractivity contribution in [3.05, 3.63) is 29.6 Å². The van der Waals surface area contributed by atoms with Crippen molar-refractivity contribution in [2.45, 2.75) is 12.3 Å². The Balaban J connectivity index is 3.01. The summed E-state index contributed by atoms with van der Waals surface area (Å²) in [6.45, 7) is 0. The highest BCUT2D eigenvalue weighted by Crippen LogP contribution is 2.27. The van der Waals surface area contributed by atoms with Crippen LogP contribution in [0.5, 0.6) is 5.75 Å². The van der Waals surface area contributed by atoms with Crippen LogP contribution < -0.4 is 4.74 Å². The van der Waals surface area contributed by atoms with Gasteiger partial charge in [-0.25, -0.2) is 9.18 Å². The number of ether oxygens (including phenoxy) is 1. The van der Waals surface area contributed by atoms with Crippen LogP contribution >= 0.6 is 0 Å². The Morgan fingerprint density at radius 2 is 2.12 bits per heavy atom. The highest BCUT2D eigenvalue weighted by atomic mass is 19.3. The third kappa shape index (κ3) is 2.65. The Labute approximate surface area is 89.5 Å². The molecule has 0 unspecified atom stereocenters. The molecule has 1 rings (SSSR count). The Bertz CT molecular complexity index is 404. The first kappa shape index (κ1) is 12.4. The third-order valence-electron chi connectivity index (χ3n) is 1.97. The number of aliphatic carboxylic acids is 1. The van der Waals surface area contributed by atoms with Crippen molar-refractivity contribution in [2.75, 3.05) is 7.11 Å². The molecule has 0 saturated carbocycles. The molecule has 1 aromatic rings. The van der Waals surface area contributed by atoms with Crippen LogP contribution in [0.15, 0.2) is 18.2 Å². The predicted octanol–water partition coefficient (Wildman–Crippen LogP) is 2.10. The van der Waals surface area contributed by atoms with Crippen LogP contribution in [-0.4, -0.2) is 24.1 Å². The fourth-order valence-corrected chi connectivity index (χ4v) is 1.18. The van der Waals surface area contributed by atoms with Gasteiger partial charge in [0.25, 0.3) is 0 Å². The predicted molar refractivity (Wildman–Crippen MR) is 49.2 cm³/mol. The van der Waals surface area contributed by atoms with E-state index in [1.54, 1.807) is 0 Å². The average Bonchev–Trinajstić information content (AvgIpc) is 2.20. The quantitative estimate of drug-likeness (QED) is 0.867. The maximum Gasteiger partial charge on any atom is 0.374 e. The summed E-state index contributed by atoms with van der Waals surface area (Å²) in [5.41, 5.74) is -0.0590. The molecular weight excluding hydrogens is 225 g/mol. The van der Waals surface area contributed by atoms with Crippen molar-refractivity contribution in [2.24, 2.45) is 0 Å². The van der Waals surface area contributed by atoms with Crippen molar-refractivity contribution in [1.29, 1.82) is 0 Å². The normalized spacial score (nSPS) is 11.2. The van der Waals surface area contributed by atoms with E-state index in [1.807, 2.05) is 0 Å². The van der Waals surface area contributed by atoms with Gasteiger partial charge in [0.15, 0.2) is 0 Å². The second-order valence-corrected chi connectivity index (χ2v) is 3.14. The van der Waals surface area contributed by atoms with Gasteiger partial charge in [0, 0.05) is 11.6 Å². The zero-order valence-electron chi connectivity index (χ0n) is 8.34. The van der Waals surface area contributed by atoms with Crippen LogP contribution in [0.25, 0.3) is 0 Å². The van der Waals surface area contributed by atoms with Gasteiger partial charge in [-0.05, 0) is 6.07 Å². The number of hydrogen-bond donors (Lipinski definition) is 1. The third-order valence-corrected chi connectivity index (χ3v) is 1.97. The maximum absolute atomic E-state index is 12.9. The first-order valence-corrected chi connectivity index (χ1v) is 4.30. The molecule has 0 spiro atoms. The highest BCUT2D eigenvalue weighted by Gasteiger charge is 2.39. The molecule has 0 saturated heterocycles. The summed E-state index contributed by atoms with van der Waals surface area (Å²) in [6.07, 6.45) is -1.04. The molecule has 0 fully saturated rings. The van der Waals surface area contributed by atoms with Gasteiger partial charge < -0.3 is 9.84 Å². The molecule has 0 aliphatic rings. The van der Waals surface area contributed by atoms with E-state index in [0.29, 0.717) is 0 Å². The van der Waals surface area contributed by atoms with Gasteiger partial charge in [0.2, 0.25) is 0 Å². The van der Waals surface area contributed by atoms with Crippen molar-refractivity contribution in [3.63, 3.8) is 0 Å². The van der Waals surface area contributed by atoms with Crippen LogP contribution in [0.3, 0.4) is 0 Å². The van der Waals surface area contributed by atoms with Crippen LogP contribution in [0, 0.1) is 5.82 Å². The van der Waals surface area contributed by atoms with Crippen molar-refractivity contribution in [1.82, 2.24) is 0 Å². The molecule has 0 aliphatic carbocycles. The second-order valence-electron chi connectivity index (χ2n) is 3.14. The van der Waals surface area contributed by atoms with Gasteiger partial charge in [0.1, 0.15) is 11.6 Å². The van der Waals surface area contributed by atoms with E-state index in [4.69, 9.17) is 5.11 Å². The minimum Gasteiger partial charge on any atom is -0.496 e. The fourth-order valence-electron chi connectivity index (χ4n) is 1.18. The van der Waals surface area contributed by atoms with Gasteiger partial charge in [-0.1, -0.05) is 6.07 Å². The first-order valence-electron chi connectivity index (χ1n) is 4.30. The van der Waals surface area contributed by atoms with Gasteiger partial charge >= 0.3 is 11.9 Å². The van der Waals surface area contributed by atoms with Crippen LogP contribution in [-0.2, 0) is 11.2 Å². The fraction of sp³-hybridized carbons (Fsp3) is 0.300. The molecule has 0 heterocycles. The van der Waals surface area contributed by atoms with Gasteiger partial charge in [-0.3, -0.25) is 0 Å². The van der Waals surface area contributed by atoms with E-state index in [-0.39, 0.29) is 11.3 Å². The Hall–Kier alpha value is -1.72. The number of carboxylic acid groups (broad SMARTS) is 1. The summed E-state index contributed by atoms with van der Waals surface area (Å²) in [5, 5.41) is 8.26. The molecular formula is C10H9F3O3. The number of halogens is 3. The maximum atomic E-state index is 12.9. The van der Waals surface area contributed by atoms with Crippen LogP contribution in [0.4, 0.5) is 13.2 Å². The van der Waals surface area contributed by atoms with Gasteiger partial charge in [-0.15, -0.1) is 0 Å². The molecule has 0 aliphatic heterocycles. The highest BCUT2D eigenvalue weighted by molar-refractivity contribution is 5.75. The molecule has 0 radical (unpaired) electrons.